The molecule has 2 aromatic carbocycles. The number of anilines is 2. The van der Waals surface area contributed by atoms with Crippen molar-refractivity contribution in [3.8, 4) is 0 Å². The van der Waals surface area contributed by atoms with Gasteiger partial charge < -0.3 is 11.1 Å². The molecule has 0 saturated carbocycles. The van der Waals surface area contributed by atoms with E-state index in [0.717, 1.165) is 5.32 Å². The maximum absolute atomic E-state index is 13.4. The molecule has 0 radical (unpaired) electrons. The molecule has 0 spiro atoms. The summed E-state index contributed by atoms with van der Waals surface area (Å²) in [7, 11) is 0. The van der Waals surface area contributed by atoms with E-state index in [9.17, 15) is 55.8 Å². The Labute approximate surface area is 187 Å². The van der Waals surface area contributed by atoms with Crippen LogP contribution in [0.15, 0.2) is 21.1 Å². The molecule has 0 bridgehead atoms. The van der Waals surface area contributed by atoms with Crippen LogP contribution in [0.4, 0.5) is 53.5 Å². The van der Waals surface area contributed by atoms with Crippen LogP contribution in [0.2, 0.25) is 0 Å². The molecule has 0 saturated heterocycles. The van der Waals surface area contributed by atoms with Crippen molar-refractivity contribution >= 4 is 60.5 Å². The summed E-state index contributed by atoms with van der Waals surface area (Å²) in [5.74, 6) is -8.00. The van der Waals surface area contributed by atoms with Gasteiger partial charge in [0.05, 0.1) is 18.8 Å². The van der Waals surface area contributed by atoms with E-state index >= 15 is 0 Å². The maximum atomic E-state index is 13.4. The van der Waals surface area contributed by atoms with Gasteiger partial charge in [-0.05, 0) is 31.9 Å². The number of nitrogen functional groups attached to an aromatic ring is 1. The number of benzene rings is 2. The number of alkyl halides is 3. The predicted octanol–water partition coefficient (Wildman–Crippen LogP) is 5.35. The summed E-state index contributed by atoms with van der Waals surface area (Å²) < 4.78 is 86.5. The van der Waals surface area contributed by atoms with Crippen LogP contribution in [0.1, 0.15) is 0 Å². The van der Waals surface area contributed by atoms with Crippen LogP contribution in [-0.2, 0) is 4.79 Å². The zero-order valence-electron chi connectivity index (χ0n) is 14.6. The maximum Gasteiger partial charge on any atom is 0.471 e. The number of rotatable bonds is 3. The first-order valence-electron chi connectivity index (χ1n) is 7.28. The predicted molar refractivity (Wildman–Crippen MR) is 101 cm³/mol. The van der Waals surface area contributed by atoms with Crippen molar-refractivity contribution in [1.29, 1.82) is 0 Å². The molecule has 1 amide bonds. The zero-order valence-corrected chi connectivity index (χ0v) is 17.7. The third-order valence-corrected chi connectivity index (χ3v) is 4.63. The first kappa shape index (κ1) is 27.0. The number of nitro benzene ring substituents is 2. The molecule has 18 heteroatoms. The van der Waals surface area contributed by atoms with Crippen LogP contribution < -0.4 is 11.1 Å². The van der Waals surface area contributed by atoms with Crippen LogP contribution in [0.5, 0.6) is 0 Å². The Morgan fingerprint density at radius 3 is 1.72 bits per heavy atom. The molecule has 0 heterocycles. The summed E-state index contributed by atoms with van der Waals surface area (Å²) in [5, 5.41) is 21.8. The lowest BCUT2D eigenvalue weighted by atomic mass is 10.2. The standard InChI is InChI=1S/C8H2BrF5N2O3.C6H3BrF2N2O2/c9-4-2(10)1-3(6(5(4)11)16(18)19)15-7(17)8(12,13)14;7-4-2(8)1-3(10)6(5(4)9)11(12)13/h1H,(H,15,17);1H,10H2. The van der Waals surface area contributed by atoms with Gasteiger partial charge >= 0.3 is 23.5 Å². The molecule has 0 atom stereocenters. The second-order valence-corrected chi connectivity index (χ2v) is 6.86. The lowest BCUT2D eigenvalue weighted by Crippen LogP contribution is -2.30. The number of nitrogens with one attached hydrogen (secondary N) is 1. The lowest BCUT2D eigenvalue weighted by molar-refractivity contribution is -0.386. The number of carbonyl (C=O) groups excluding carboxylic acids is 1. The van der Waals surface area contributed by atoms with Gasteiger partial charge in [0.1, 0.15) is 23.0 Å². The molecule has 2 aromatic rings. The summed E-state index contributed by atoms with van der Waals surface area (Å²) in [6, 6.07) is 0.889. The van der Waals surface area contributed by atoms with Crippen molar-refractivity contribution in [2.45, 2.75) is 6.18 Å². The molecular formula is C14H5Br2F7N4O5. The number of nitrogens with two attached hydrogens (primary N) is 1. The van der Waals surface area contributed by atoms with Crippen LogP contribution in [0, 0.1) is 43.5 Å². The molecule has 0 unspecified atom stereocenters. The molecule has 0 aromatic heterocycles. The van der Waals surface area contributed by atoms with Crippen LogP contribution in [0.3, 0.4) is 0 Å². The quantitative estimate of drug-likeness (QED) is 0.160. The van der Waals surface area contributed by atoms with Crippen LogP contribution in [0.25, 0.3) is 0 Å². The second-order valence-electron chi connectivity index (χ2n) is 5.27. The average molecular weight is 602 g/mol. The van der Waals surface area contributed by atoms with Crippen molar-refractivity contribution in [3.63, 3.8) is 0 Å². The smallest absolute Gasteiger partial charge is 0.393 e. The highest BCUT2D eigenvalue weighted by molar-refractivity contribution is 9.10. The van der Waals surface area contributed by atoms with Crippen molar-refractivity contribution < 1.29 is 45.4 Å². The number of amides is 1. The van der Waals surface area contributed by atoms with Gasteiger partial charge in [0, 0.05) is 12.1 Å². The molecule has 174 valence electrons. The Kier molecular flexibility index (Phi) is 8.50. The fraction of sp³-hybridized carbons (Fsp3) is 0.0714. The first-order valence-corrected chi connectivity index (χ1v) is 8.86. The zero-order chi connectivity index (χ0) is 25.1. The van der Waals surface area contributed by atoms with Crippen molar-refractivity contribution in [2.75, 3.05) is 11.1 Å². The van der Waals surface area contributed by atoms with Gasteiger partial charge in [-0.15, -0.1) is 0 Å². The topological polar surface area (TPSA) is 141 Å². The third-order valence-electron chi connectivity index (χ3n) is 3.17. The summed E-state index contributed by atoms with van der Waals surface area (Å²) >= 11 is 4.87. The number of hydrogen-bond donors (Lipinski definition) is 2. The largest absolute Gasteiger partial charge is 0.471 e. The Hall–Kier alpha value is -3.02. The second kappa shape index (κ2) is 10.1. The van der Waals surface area contributed by atoms with E-state index in [4.69, 9.17) is 5.73 Å². The Morgan fingerprint density at radius 1 is 0.906 bits per heavy atom. The summed E-state index contributed by atoms with van der Waals surface area (Å²) in [6.45, 7) is 0. The van der Waals surface area contributed by atoms with E-state index in [1.165, 1.54) is 0 Å². The van der Waals surface area contributed by atoms with Gasteiger partial charge in [-0.2, -0.15) is 22.0 Å². The monoisotopic (exact) mass is 600 g/mol. The fourth-order valence-electron chi connectivity index (χ4n) is 1.84. The van der Waals surface area contributed by atoms with Gasteiger partial charge in [-0.3, -0.25) is 25.0 Å². The minimum absolute atomic E-state index is 0.203. The Bertz CT molecular complexity index is 1110. The molecule has 3 N–H and O–H groups in total. The number of halogens is 9. The van der Waals surface area contributed by atoms with Gasteiger partial charge in [0.2, 0.25) is 11.6 Å². The number of hydrogen-bond acceptors (Lipinski definition) is 6. The SMILES string of the molecule is Nc1cc(F)c(Br)c(F)c1[N+](=O)[O-].O=C(Nc1cc(F)c(Br)c(F)c1[N+](=O)[O-])C(F)(F)F. The molecule has 0 fully saturated rings. The van der Waals surface area contributed by atoms with Crippen LogP contribution >= 0.6 is 31.9 Å². The summed E-state index contributed by atoms with van der Waals surface area (Å²) in [4.78, 5) is 29.0. The summed E-state index contributed by atoms with van der Waals surface area (Å²) in [5.41, 5.74) is 0.876. The van der Waals surface area contributed by atoms with Gasteiger partial charge in [-0.1, -0.05) is 0 Å². The van der Waals surface area contributed by atoms with E-state index < -0.39 is 76.9 Å². The Morgan fingerprint density at radius 2 is 1.31 bits per heavy atom. The normalized spacial score (nSPS) is 10.8. The molecule has 0 aliphatic rings. The van der Waals surface area contributed by atoms with E-state index in [-0.39, 0.29) is 6.07 Å². The molecule has 0 aliphatic carbocycles. The minimum atomic E-state index is -5.35. The van der Waals surface area contributed by atoms with E-state index in [1.54, 1.807) is 0 Å². The van der Waals surface area contributed by atoms with Gasteiger partial charge in [-0.25, -0.2) is 8.78 Å². The first-order chi connectivity index (χ1) is 14.5. The Balaban J connectivity index is 0.000000343. The molecule has 32 heavy (non-hydrogen) atoms. The average Bonchev–Trinajstić information content (AvgIpc) is 2.63. The van der Waals surface area contributed by atoms with Crippen molar-refractivity contribution in [1.82, 2.24) is 0 Å². The van der Waals surface area contributed by atoms with Crippen LogP contribution in [-0.4, -0.2) is 21.9 Å². The van der Waals surface area contributed by atoms with Crippen molar-refractivity contribution in [3.05, 3.63) is 64.6 Å². The minimum Gasteiger partial charge on any atom is -0.393 e. The molecule has 2 rings (SSSR count). The summed E-state index contributed by atoms with van der Waals surface area (Å²) in [6.07, 6.45) is -5.35. The fourth-order valence-corrected chi connectivity index (χ4v) is 2.45. The molecule has 0 aliphatic heterocycles. The highest BCUT2D eigenvalue weighted by atomic mass is 79.9. The molecule has 9 nitrogen and oxygen atoms in total. The molecular weight excluding hydrogens is 597 g/mol. The van der Waals surface area contributed by atoms with Crippen molar-refractivity contribution in [2.24, 2.45) is 0 Å². The van der Waals surface area contributed by atoms with Gasteiger partial charge in [0.25, 0.3) is 0 Å². The number of nitrogens with zero attached hydrogens (tertiary/aromatic N) is 2. The van der Waals surface area contributed by atoms with E-state index in [0.29, 0.717) is 6.07 Å². The third kappa shape index (κ3) is 6.02. The van der Waals surface area contributed by atoms with E-state index in [1.807, 2.05) is 0 Å². The highest BCUT2D eigenvalue weighted by Gasteiger charge is 2.40. The number of carbonyl (C=O) groups is 1. The highest BCUT2D eigenvalue weighted by Crippen LogP contribution is 2.36. The van der Waals surface area contributed by atoms with Gasteiger partial charge in [0.15, 0.2) is 0 Å². The lowest BCUT2D eigenvalue weighted by Gasteiger charge is -2.09. The van der Waals surface area contributed by atoms with E-state index in [2.05, 4.69) is 31.9 Å². The number of nitro groups is 2.